The summed E-state index contributed by atoms with van der Waals surface area (Å²) in [5.41, 5.74) is 0.603. The Morgan fingerprint density at radius 1 is 1.05 bits per heavy atom. The lowest BCUT2D eigenvalue weighted by Gasteiger charge is -2.32. The van der Waals surface area contributed by atoms with Crippen LogP contribution in [0.4, 0.5) is 25.1 Å². The van der Waals surface area contributed by atoms with Gasteiger partial charge in [-0.3, -0.25) is 9.78 Å². The molecule has 5 heterocycles. The molecule has 2 N–H and O–H groups in total. The second kappa shape index (κ2) is 12.3. The third-order valence-electron chi connectivity index (χ3n) is 7.63. The summed E-state index contributed by atoms with van der Waals surface area (Å²) in [5, 5.41) is 10.2. The van der Waals surface area contributed by atoms with E-state index in [0.717, 1.165) is 12.1 Å². The molecule has 0 bridgehead atoms. The maximum Gasteiger partial charge on any atom is 0.319 e. The Hall–Kier alpha value is -4.72. The fourth-order valence-corrected chi connectivity index (χ4v) is 5.44. The van der Waals surface area contributed by atoms with Crippen LogP contribution in [0, 0.1) is 11.6 Å². The first-order valence-electron chi connectivity index (χ1n) is 14.2. The fraction of sp³-hybridized carbons (Fsp3) is 0.379. The highest BCUT2D eigenvalue weighted by Crippen LogP contribution is 2.34. The van der Waals surface area contributed by atoms with Gasteiger partial charge in [0.1, 0.15) is 17.5 Å². The maximum atomic E-state index is 15.4. The van der Waals surface area contributed by atoms with Crippen molar-refractivity contribution >= 4 is 34.5 Å². The number of nitrogens with one attached hydrogen (secondary N) is 2. The van der Waals surface area contributed by atoms with Crippen molar-refractivity contribution < 1.29 is 23.1 Å². The summed E-state index contributed by atoms with van der Waals surface area (Å²) in [4.78, 5) is 42.1. The molecule has 3 aromatic heterocycles. The number of anilines is 2. The van der Waals surface area contributed by atoms with Gasteiger partial charge in [-0.15, -0.1) is 0 Å². The van der Waals surface area contributed by atoms with Crippen LogP contribution in [-0.2, 0) is 4.74 Å². The number of ether oxygens (including phenoxy) is 1. The average molecular weight is 592 g/mol. The van der Waals surface area contributed by atoms with E-state index >= 15 is 8.78 Å². The number of amides is 3. The van der Waals surface area contributed by atoms with Crippen molar-refractivity contribution in [3.8, 4) is 11.4 Å². The summed E-state index contributed by atoms with van der Waals surface area (Å²) in [6.07, 6.45) is 6.17. The molecule has 1 aromatic carbocycles. The second-order valence-electron chi connectivity index (χ2n) is 10.4. The van der Waals surface area contributed by atoms with Crippen molar-refractivity contribution in [2.45, 2.75) is 25.8 Å². The quantitative estimate of drug-likeness (QED) is 0.348. The molecule has 43 heavy (non-hydrogen) atoms. The molecule has 0 radical (unpaired) electrons. The number of hydrogen-bond donors (Lipinski definition) is 2. The van der Waals surface area contributed by atoms with Crippen molar-refractivity contribution in [2.24, 2.45) is 0 Å². The summed E-state index contributed by atoms with van der Waals surface area (Å²) in [6, 6.07) is 4.69. The molecule has 2 saturated heterocycles. The Kier molecular flexibility index (Phi) is 8.09. The highest BCUT2D eigenvalue weighted by molar-refractivity contribution is 5.94. The van der Waals surface area contributed by atoms with Crippen LogP contribution in [0.3, 0.4) is 0 Å². The Morgan fingerprint density at radius 2 is 1.84 bits per heavy atom. The van der Waals surface area contributed by atoms with Crippen molar-refractivity contribution in [1.29, 1.82) is 0 Å². The van der Waals surface area contributed by atoms with E-state index < -0.39 is 17.7 Å². The summed E-state index contributed by atoms with van der Waals surface area (Å²) in [6.45, 7) is 5.23. The predicted molar refractivity (Wildman–Crippen MR) is 155 cm³/mol. The maximum absolute atomic E-state index is 15.4. The van der Waals surface area contributed by atoms with Gasteiger partial charge in [0, 0.05) is 51.2 Å². The number of carbonyl (C=O) groups is 2. The molecule has 0 spiro atoms. The molecule has 12 nitrogen and oxygen atoms in total. The topological polar surface area (TPSA) is 130 Å². The molecule has 4 aromatic rings. The van der Waals surface area contributed by atoms with Crippen LogP contribution in [0.15, 0.2) is 42.9 Å². The minimum atomic E-state index is -0.821. The van der Waals surface area contributed by atoms with E-state index in [1.807, 2.05) is 4.90 Å². The summed E-state index contributed by atoms with van der Waals surface area (Å²) < 4.78 is 37.8. The minimum absolute atomic E-state index is 0.000827. The highest BCUT2D eigenvalue weighted by atomic mass is 19.1. The third kappa shape index (κ3) is 5.82. The number of aromatic nitrogens is 5. The third-order valence-corrected chi connectivity index (χ3v) is 7.63. The molecule has 0 saturated carbocycles. The largest absolute Gasteiger partial charge is 0.378 e. The zero-order valence-corrected chi connectivity index (χ0v) is 23.6. The molecule has 2 aliphatic rings. The number of hydrogen-bond acceptors (Lipinski definition) is 8. The van der Waals surface area contributed by atoms with Gasteiger partial charge in [-0.1, -0.05) is 0 Å². The van der Waals surface area contributed by atoms with Gasteiger partial charge in [0.25, 0.3) is 5.91 Å². The highest BCUT2D eigenvalue weighted by Gasteiger charge is 2.29. The van der Waals surface area contributed by atoms with Crippen molar-refractivity contribution in [1.82, 2.24) is 34.9 Å². The van der Waals surface area contributed by atoms with Crippen LogP contribution in [0.1, 0.15) is 36.2 Å². The lowest BCUT2D eigenvalue weighted by atomic mass is 10.0. The van der Waals surface area contributed by atoms with Gasteiger partial charge in [-0.2, -0.15) is 5.10 Å². The van der Waals surface area contributed by atoms with Gasteiger partial charge in [-0.25, -0.2) is 28.2 Å². The number of urea groups is 1. The Bertz CT molecular complexity index is 1640. The molecular weight excluding hydrogens is 560 g/mol. The van der Waals surface area contributed by atoms with E-state index in [4.69, 9.17) is 9.72 Å². The number of piperidine rings is 1. The fourth-order valence-electron chi connectivity index (χ4n) is 5.44. The lowest BCUT2D eigenvalue weighted by Crippen LogP contribution is -2.39. The van der Waals surface area contributed by atoms with E-state index in [9.17, 15) is 9.59 Å². The second-order valence-corrected chi connectivity index (χ2v) is 10.4. The first-order chi connectivity index (χ1) is 20.9. The smallest absolute Gasteiger partial charge is 0.319 e. The van der Waals surface area contributed by atoms with Crippen LogP contribution in [0.5, 0.6) is 0 Å². The molecule has 2 fully saturated rings. The normalized spacial score (nSPS) is 16.0. The van der Waals surface area contributed by atoms with Gasteiger partial charge in [0.05, 0.1) is 47.7 Å². The Balaban J connectivity index is 1.34. The van der Waals surface area contributed by atoms with E-state index in [-0.39, 0.29) is 29.0 Å². The van der Waals surface area contributed by atoms with Crippen LogP contribution in [0.2, 0.25) is 0 Å². The Morgan fingerprint density at radius 3 is 2.56 bits per heavy atom. The van der Waals surface area contributed by atoms with Crippen LogP contribution < -0.4 is 15.5 Å². The molecule has 0 aliphatic carbocycles. The van der Waals surface area contributed by atoms with E-state index in [1.54, 1.807) is 47.2 Å². The van der Waals surface area contributed by atoms with Gasteiger partial charge in [-0.05, 0) is 38.0 Å². The number of benzene rings is 1. The number of fused-ring (bicyclic) bond motifs is 1. The molecule has 3 amide bonds. The molecule has 0 atom stereocenters. The summed E-state index contributed by atoms with van der Waals surface area (Å²) >= 11 is 0. The standard InChI is InChI=1S/C29H31F2N9O3/c1-2-33-29(42)35-24-15-22(30)20(14-23(24)31)25-36-26(38-10-12-43-13-11-38)21-17-34-40(27(21)37-25)19-5-8-39(9-6-19)28(41)18-4-3-7-32-16-18/h3-4,7,14-17,19H,2,5-6,8-13H2,1H3,(H2,33,35,42). The number of pyridine rings is 1. The van der Waals surface area contributed by atoms with Crippen LogP contribution in [-0.4, -0.2) is 87.5 Å². The van der Waals surface area contributed by atoms with Crippen LogP contribution >= 0.6 is 0 Å². The number of nitrogens with zero attached hydrogens (tertiary/aromatic N) is 7. The summed E-state index contributed by atoms with van der Waals surface area (Å²) in [7, 11) is 0. The van der Waals surface area contributed by atoms with E-state index in [0.29, 0.717) is 81.2 Å². The van der Waals surface area contributed by atoms with E-state index in [2.05, 4.69) is 25.7 Å². The number of carbonyl (C=O) groups excluding carboxylic acids is 2. The SMILES string of the molecule is CCNC(=O)Nc1cc(F)c(-c2nc(N3CCOCC3)c3cnn(C4CCN(C(=O)c5cccnc5)CC4)c3n2)cc1F. The van der Waals surface area contributed by atoms with Gasteiger partial charge < -0.3 is 25.2 Å². The Labute approximate surface area is 246 Å². The number of halogens is 2. The lowest BCUT2D eigenvalue weighted by molar-refractivity contribution is 0.0691. The molecule has 6 rings (SSSR count). The van der Waals surface area contributed by atoms with Gasteiger partial charge >= 0.3 is 6.03 Å². The molecule has 224 valence electrons. The van der Waals surface area contributed by atoms with Gasteiger partial charge in [0.2, 0.25) is 0 Å². The zero-order chi connectivity index (χ0) is 29.9. The van der Waals surface area contributed by atoms with Crippen molar-refractivity contribution in [3.05, 3.63) is 60.1 Å². The first kappa shape index (κ1) is 28.4. The number of morpholine rings is 1. The van der Waals surface area contributed by atoms with Crippen molar-refractivity contribution in [3.63, 3.8) is 0 Å². The minimum Gasteiger partial charge on any atom is -0.378 e. The monoisotopic (exact) mass is 591 g/mol. The molecule has 2 aliphatic heterocycles. The molecular formula is C29H31F2N9O3. The molecule has 0 unspecified atom stereocenters. The molecule has 14 heteroatoms. The predicted octanol–water partition coefficient (Wildman–Crippen LogP) is 3.62. The zero-order valence-electron chi connectivity index (χ0n) is 23.6. The van der Waals surface area contributed by atoms with E-state index in [1.165, 1.54) is 0 Å². The number of rotatable bonds is 6. The average Bonchev–Trinajstić information content (AvgIpc) is 3.47. The number of likely N-dealkylation sites (tertiary alicyclic amines) is 1. The first-order valence-corrected chi connectivity index (χ1v) is 14.2. The summed E-state index contributed by atoms with van der Waals surface area (Å²) in [5.74, 6) is -1.12. The van der Waals surface area contributed by atoms with Crippen molar-refractivity contribution in [2.75, 3.05) is 56.2 Å². The van der Waals surface area contributed by atoms with Crippen LogP contribution in [0.25, 0.3) is 22.4 Å². The van der Waals surface area contributed by atoms with Gasteiger partial charge in [0.15, 0.2) is 11.5 Å².